The average molecular weight is 343 g/mol. The lowest BCUT2D eigenvalue weighted by atomic mass is 10.2. The monoisotopic (exact) mass is 343 g/mol. The summed E-state index contributed by atoms with van der Waals surface area (Å²) in [7, 11) is 0. The molecule has 2 aromatic rings. The van der Waals surface area contributed by atoms with Gasteiger partial charge < -0.3 is 14.8 Å². The van der Waals surface area contributed by atoms with Gasteiger partial charge in [-0.15, -0.1) is 10.2 Å². The molecule has 0 aliphatic carbocycles. The molecule has 2 rings (SSSR count). The van der Waals surface area contributed by atoms with Crippen LogP contribution in [0.4, 0.5) is 8.78 Å². The molecule has 0 fully saturated rings. The molecule has 0 unspecified atom stereocenters. The fourth-order valence-corrected chi connectivity index (χ4v) is 2.15. The molecule has 1 aromatic carbocycles. The van der Waals surface area contributed by atoms with Crippen LogP contribution in [0.15, 0.2) is 27.8 Å². The molecular weight excluding hydrogens is 332 g/mol. The quantitative estimate of drug-likeness (QED) is 0.771. The number of hydrogen-bond acceptors (Lipinski definition) is 6. The van der Waals surface area contributed by atoms with Gasteiger partial charge in [-0.2, -0.15) is 0 Å². The van der Waals surface area contributed by atoms with Gasteiger partial charge in [-0.1, -0.05) is 17.8 Å². The average Bonchev–Trinajstić information content (AvgIpc) is 2.92. The number of carbonyl (C=O) groups excluding carboxylic acids is 1. The summed E-state index contributed by atoms with van der Waals surface area (Å²) in [6.45, 7) is 1.20. The van der Waals surface area contributed by atoms with Crippen LogP contribution in [0.3, 0.4) is 0 Å². The predicted octanol–water partition coefficient (Wildman–Crippen LogP) is 1.84. The van der Waals surface area contributed by atoms with E-state index in [1.807, 2.05) is 0 Å². The molecule has 0 saturated carbocycles. The van der Waals surface area contributed by atoms with Crippen molar-refractivity contribution < 1.29 is 27.9 Å². The molecule has 10 heteroatoms. The van der Waals surface area contributed by atoms with E-state index in [1.54, 1.807) is 0 Å². The molecule has 0 aliphatic heterocycles. The van der Waals surface area contributed by atoms with E-state index in [0.29, 0.717) is 0 Å². The first kappa shape index (κ1) is 16.9. The summed E-state index contributed by atoms with van der Waals surface area (Å²) in [6.07, 6.45) is 0. The predicted molar refractivity (Wildman–Crippen MR) is 74.8 cm³/mol. The summed E-state index contributed by atoms with van der Waals surface area (Å²) in [6, 6.07) is 3.08. The van der Waals surface area contributed by atoms with E-state index in [-0.39, 0.29) is 17.7 Å². The van der Waals surface area contributed by atoms with Crippen molar-refractivity contribution in [3.63, 3.8) is 0 Å². The number of aromatic nitrogens is 2. The minimum Gasteiger partial charge on any atom is -0.480 e. The Bertz CT molecular complexity index is 718. The number of hydrogen-bond donors (Lipinski definition) is 2. The van der Waals surface area contributed by atoms with Crippen LogP contribution in [0.2, 0.25) is 0 Å². The van der Waals surface area contributed by atoms with E-state index in [0.717, 1.165) is 30.0 Å². The van der Waals surface area contributed by atoms with Crippen LogP contribution in [-0.4, -0.2) is 32.4 Å². The van der Waals surface area contributed by atoms with E-state index in [1.165, 1.54) is 6.92 Å². The van der Waals surface area contributed by atoms with Crippen LogP contribution in [0.5, 0.6) is 0 Å². The third-order valence-corrected chi connectivity index (χ3v) is 3.59. The molecule has 0 bridgehead atoms. The SMILES string of the molecule is C[C@@H](Sc1nnc(CNC(=O)c2c(F)cccc2F)o1)C(=O)O. The minimum absolute atomic E-state index is 0.0150. The number of nitrogens with one attached hydrogen (secondary N) is 1. The number of nitrogens with zero attached hydrogens (tertiary/aromatic N) is 2. The first-order chi connectivity index (χ1) is 10.9. The number of carboxylic acids is 1. The number of amides is 1. The van der Waals surface area contributed by atoms with Crippen molar-refractivity contribution in [1.29, 1.82) is 0 Å². The smallest absolute Gasteiger partial charge is 0.316 e. The summed E-state index contributed by atoms with van der Waals surface area (Å²) in [5.74, 6) is -4.00. The van der Waals surface area contributed by atoms with Gasteiger partial charge in [-0.05, 0) is 19.1 Å². The Morgan fingerprint density at radius 3 is 2.61 bits per heavy atom. The van der Waals surface area contributed by atoms with Crippen molar-refractivity contribution in [1.82, 2.24) is 15.5 Å². The number of carbonyl (C=O) groups is 2. The lowest BCUT2D eigenvalue weighted by Gasteiger charge is -2.04. The Hall–Kier alpha value is -2.49. The van der Waals surface area contributed by atoms with Crippen molar-refractivity contribution >= 4 is 23.6 Å². The van der Waals surface area contributed by atoms with Crippen LogP contribution >= 0.6 is 11.8 Å². The first-order valence-electron chi connectivity index (χ1n) is 6.32. The fourth-order valence-electron chi connectivity index (χ4n) is 1.52. The first-order valence-corrected chi connectivity index (χ1v) is 7.20. The standard InChI is InChI=1S/C13H11F2N3O4S/c1-6(12(20)21)23-13-18-17-9(22-13)5-16-11(19)10-7(14)3-2-4-8(10)15/h2-4,6H,5H2,1H3,(H,16,19)(H,20,21)/t6-/m1/s1. The zero-order chi connectivity index (χ0) is 17.0. The van der Waals surface area contributed by atoms with Gasteiger partial charge in [0.15, 0.2) is 0 Å². The van der Waals surface area contributed by atoms with Crippen molar-refractivity contribution in [3.8, 4) is 0 Å². The molecule has 0 aliphatic rings. The summed E-state index contributed by atoms with van der Waals surface area (Å²) in [5, 5.41) is 17.5. The summed E-state index contributed by atoms with van der Waals surface area (Å²) >= 11 is 0.836. The lowest BCUT2D eigenvalue weighted by Crippen LogP contribution is -2.25. The molecule has 1 aromatic heterocycles. The molecule has 23 heavy (non-hydrogen) atoms. The van der Waals surface area contributed by atoms with Crippen molar-refractivity contribution in [2.24, 2.45) is 0 Å². The molecule has 7 nitrogen and oxygen atoms in total. The highest BCUT2D eigenvalue weighted by Crippen LogP contribution is 2.21. The van der Waals surface area contributed by atoms with Gasteiger partial charge in [-0.3, -0.25) is 9.59 Å². The van der Waals surface area contributed by atoms with E-state index in [9.17, 15) is 18.4 Å². The normalized spacial score (nSPS) is 12.0. The Balaban J connectivity index is 1.97. The number of carboxylic acid groups (broad SMARTS) is 1. The maximum absolute atomic E-state index is 13.4. The van der Waals surface area contributed by atoms with Crippen molar-refractivity contribution in [2.45, 2.75) is 23.9 Å². The Kier molecular flexibility index (Phi) is 5.27. The third-order valence-electron chi connectivity index (χ3n) is 2.66. The van der Waals surface area contributed by atoms with Crippen LogP contribution in [0.1, 0.15) is 23.2 Å². The number of benzene rings is 1. The van der Waals surface area contributed by atoms with Gasteiger partial charge in [0, 0.05) is 0 Å². The van der Waals surface area contributed by atoms with Crippen LogP contribution in [-0.2, 0) is 11.3 Å². The molecule has 122 valence electrons. The summed E-state index contributed by atoms with van der Waals surface area (Å²) in [5.41, 5.74) is -0.707. The maximum atomic E-state index is 13.4. The minimum atomic E-state index is -1.04. The number of aliphatic carboxylic acids is 1. The number of rotatable bonds is 6. The second-order valence-corrected chi connectivity index (χ2v) is 5.63. The fraction of sp³-hybridized carbons (Fsp3) is 0.231. The molecule has 1 heterocycles. The Labute approximate surface area is 133 Å². The Morgan fingerprint density at radius 1 is 1.35 bits per heavy atom. The van der Waals surface area contributed by atoms with Gasteiger partial charge in [0.05, 0.1) is 6.54 Å². The van der Waals surface area contributed by atoms with Crippen molar-refractivity contribution in [2.75, 3.05) is 0 Å². The molecule has 1 atom stereocenters. The highest BCUT2D eigenvalue weighted by molar-refractivity contribution is 8.00. The van der Waals surface area contributed by atoms with E-state index in [2.05, 4.69) is 15.5 Å². The third kappa shape index (κ3) is 4.25. The van der Waals surface area contributed by atoms with Gasteiger partial charge in [0.25, 0.3) is 11.1 Å². The van der Waals surface area contributed by atoms with E-state index < -0.39 is 34.3 Å². The second kappa shape index (κ2) is 7.18. The van der Waals surface area contributed by atoms with Crippen molar-refractivity contribution in [3.05, 3.63) is 41.3 Å². The topological polar surface area (TPSA) is 105 Å². The largest absolute Gasteiger partial charge is 0.480 e. The van der Waals surface area contributed by atoms with Gasteiger partial charge in [0.2, 0.25) is 5.89 Å². The van der Waals surface area contributed by atoms with Crippen LogP contribution in [0, 0.1) is 11.6 Å². The summed E-state index contributed by atoms with van der Waals surface area (Å²) in [4.78, 5) is 22.5. The molecule has 0 spiro atoms. The Morgan fingerprint density at radius 2 is 2.00 bits per heavy atom. The molecular formula is C13H11F2N3O4S. The number of thioether (sulfide) groups is 1. The van der Waals surface area contributed by atoms with E-state index in [4.69, 9.17) is 9.52 Å². The molecule has 2 N–H and O–H groups in total. The number of halogens is 2. The summed E-state index contributed by atoms with van der Waals surface area (Å²) < 4.78 is 32.0. The molecule has 0 saturated heterocycles. The van der Waals surface area contributed by atoms with Gasteiger partial charge in [-0.25, -0.2) is 8.78 Å². The highest BCUT2D eigenvalue weighted by Gasteiger charge is 2.19. The molecule has 0 radical (unpaired) electrons. The lowest BCUT2D eigenvalue weighted by molar-refractivity contribution is -0.136. The zero-order valence-electron chi connectivity index (χ0n) is 11.7. The van der Waals surface area contributed by atoms with Crippen LogP contribution in [0.25, 0.3) is 0 Å². The van der Waals surface area contributed by atoms with Crippen LogP contribution < -0.4 is 5.32 Å². The molecule has 1 amide bonds. The highest BCUT2D eigenvalue weighted by atomic mass is 32.2. The van der Waals surface area contributed by atoms with Gasteiger partial charge in [0.1, 0.15) is 22.4 Å². The van der Waals surface area contributed by atoms with E-state index >= 15 is 0 Å². The maximum Gasteiger partial charge on any atom is 0.316 e. The zero-order valence-corrected chi connectivity index (χ0v) is 12.6. The van der Waals surface area contributed by atoms with Gasteiger partial charge >= 0.3 is 5.97 Å². The second-order valence-electron chi connectivity index (χ2n) is 4.34.